The minimum absolute atomic E-state index is 0.205. The van der Waals surface area contributed by atoms with Gasteiger partial charge in [0.2, 0.25) is 0 Å². The van der Waals surface area contributed by atoms with Crippen molar-refractivity contribution in [1.82, 2.24) is 24.5 Å². The number of likely N-dealkylation sites (tertiary alicyclic amines) is 1. The molecule has 4 heterocycles. The Morgan fingerprint density at radius 1 is 1.11 bits per heavy atom. The van der Waals surface area contributed by atoms with Crippen LogP contribution in [-0.2, 0) is 13.0 Å². The third-order valence-electron chi connectivity index (χ3n) is 5.53. The SMILES string of the molecule is CCc1cccc2ccc(-c3nnc4ccc(CN5CCC(O)C5)cn34)nc12. The lowest BCUT2D eigenvalue weighted by molar-refractivity contribution is 0.174. The maximum atomic E-state index is 9.76. The average molecular weight is 373 g/mol. The van der Waals surface area contributed by atoms with Gasteiger partial charge in [-0.15, -0.1) is 10.2 Å². The van der Waals surface area contributed by atoms with Crippen LogP contribution < -0.4 is 0 Å². The maximum absolute atomic E-state index is 9.76. The first-order valence-electron chi connectivity index (χ1n) is 9.84. The number of hydrogen-bond acceptors (Lipinski definition) is 5. The van der Waals surface area contributed by atoms with Crippen LogP contribution in [0.4, 0.5) is 0 Å². The van der Waals surface area contributed by atoms with Crippen LogP contribution in [0.15, 0.2) is 48.7 Å². The lowest BCUT2D eigenvalue weighted by Crippen LogP contribution is -2.21. The molecule has 142 valence electrons. The molecule has 0 amide bonds. The van der Waals surface area contributed by atoms with E-state index in [2.05, 4.69) is 58.5 Å². The molecule has 1 aliphatic heterocycles. The Morgan fingerprint density at radius 3 is 2.86 bits per heavy atom. The van der Waals surface area contributed by atoms with Crippen LogP contribution in [-0.4, -0.2) is 48.8 Å². The number of nitrogens with zero attached hydrogens (tertiary/aromatic N) is 5. The lowest BCUT2D eigenvalue weighted by Gasteiger charge is -2.15. The summed E-state index contributed by atoms with van der Waals surface area (Å²) in [7, 11) is 0. The smallest absolute Gasteiger partial charge is 0.187 e. The van der Waals surface area contributed by atoms with Crippen LogP contribution in [0.2, 0.25) is 0 Å². The van der Waals surface area contributed by atoms with E-state index in [0.717, 1.165) is 60.5 Å². The predicted octanol–water partition coefficient (Wildman–Crippen LogP) is 3.07. The number of rotatable bonds is 4. The molecule has 6 nitrogen and oxygen atoms in total. The number of aliphatic hydroxyl groups excluding tert-OH is 1. The van der Waals surface area contributed by atoms with Crippen molar-refractivity contribution in [2.75, 3.05) is 13.1 Å². The molecular weight excluding hydrogens is 350 g/mol. The molecule has 0 bridgehead atoms. The number of benzene rings is 1. The summed E-state index contributed by atoms with van der Waals surface area (Å²) in [5, 5.41) is 19.6. The first kappa shape index (κ1) is 17.3. The second kappa shape index (κ2) is 6.96. The van der Waals surface area contributed by atoms with Crippen LogP contribution in [0, 0.1) is 0 Å². The van der Waals surface area contributed by atoms with Crippen molar-refractivity contribution < 1.29 is 5.11 Å². The Bertz CT molecular complexity index is 1150. The maximum Gasteiger partial charge on any atom is 0.187 e. The van der Waals surface area contributed by atoms with Crippen LogP contribution in [0.25, 0.3) is 28.1 Å². The monoisotopic (exact) mass is 373 g/mol. The van der Waals surface area contributed by atoms with Crippen molar-refractivity contribution in [3.05, 3.63) is 59.8 Å². The second-order valence-electron chi connectivity index (χ2n) is 7.51. The van der Waals surface area contributed by atoms with E-state index in [-0.39, 0.29) is 6.10 Å². The van der Waals surface area contributed by atoms with Crippen molar-refractivity contribution in [3.8, 4) is 11.5 Å². The van der Waals surface area contributed by atoms with E-state index in [9.17, 15) is 5.11 Å². The highest BCUT2D eigenvalue weighted by Gasteiger charge is 2.20. The summed E-state index contributed by atoms with van der Waals surface area (Å²) in [6, 6.07) is 14.5. The molecule has 5 rings (SSSR count). The zero-order chi connectivity index (χ0) is 19.1. The number of aryl methyl sites for hydroxylation is 1. The Morgan fingerprint density at radius 2 is 2.04 bits per heavy atom. The number of β-amino-alcohol motifs (C(OH)–C–C–N with tert-alkyl or cyclic N) is 1. The Hall–Kier alpha value is -2.83. The van der Waals surface area contributed by atoms with E-state index in [1.807, 2.05) is 16.5 Å². The van der Waals surface area contributed by atoms with Gasteiger partial charge in [-0.1, -0.05) is 37.3 Å². The van der Waals surface area contributed by atoms with Crippen molar-refractivity contribution in [1.29, 1.82) is 0 Å². The molecule has 1 saturated heterocycles. The topological polar surface area (TPSA) is 66.5 Å². The van der Waals surface area contributed by atoms with E-state index in [1.54, 1.807) is 0 Å². The van der Waals surface area contributed by atoms with Gasteiger partial charge >= 0.3 is 0 Å². The summed E-state index contributed by atoms with van der Waals surface area (Å²) in [6.07, 6.45) is 3.68. The fourth-order valence-corrected chi connectivity index (χ4v) is 4.04. The molecule has 0 spiro atoms. The minimum atomic E-state index is -0.205. The number of aromatic nitrogens is 4. The van der Waals surface area contributed by atoms with Crippen molar-refractivity contribution >= 4 is 16.6 Å². The van der Waals surface area contributed by atoms with Gasteiger partial charge in [0.25, 0.3) is 0 Å². The highest BCUT2D eigenvalue weighted by atomic mass is 16.3. The highest BCUT2D eigenvalue weighted by molar-refractivity contribution is 5.84. The van der Waals surface area contributed by atoms with Gasteiger partial charge in [-0.2, -0.15) is 0 Å². The van der Waals surface area contributed by atoms with Crippen LogP contribution in [0.1, 0.15) is 24.5 Å². The van der Waals surface area contributed by atoms with E-state index in [0.29, 0.717) is 0 Å². The normalized spacial score (nSPS) is 17.7. The van der Waals surface area contributed by atoms with Crippen LogP contribution in [0.3, 0.4) is 0 Å². The van der Waals surface area contributed by atoms with Crippen molar-refractivity contribution in [3.63, 3.8) is 0 Å². The Balaban J connectivity index is 1.55. The van der Waals surface area contributed by atoms with Gasteiger partial charge in [0.05, 0.1) is 11.6 Å². The van der Waals surface area contributed by atoms with Gasteiger partial charge in [-0.3, -0.25) is 9.30 Å². The first-order valence-corrected chi connectivity index (χ1v) is 9.84. The zero-order valence-corrected chi connectivity index (χ0v) is 15.9. The standard InChI is InChI=1S/C22H23N5O/c1-2-16-4-3-5-17-7-8-19(23-21(16)17)22-25-24-20-9-6-15(13-27(20)22)12-26-11-10-18(28)14-26/h3-9,13,18,28H,2,10-12,14H2,1H3. The molecule has 0 saturated carbocycles. The number of hydrogen-bond donors (Lipinski definition) is 1. The van der Waals surface area contributed by atoms with Crippen molar-refractivity contribution in [2.45, 2.75) is 32.4 Å². The molecule has 1 fully saturated rings. The molecule has 6 heteroatoms. The average Bonchev–Trinajstić information content (AvgIpc) is 3.32. The second-order valence-corrected chi connectivity index (χ2v) is 7.51. The summed E-state index contributed by atoms with van der Waals surface area (Å²) in [6.45, 7) is 4.63. The fourth-order valence-electron chi connectivity index (χ4n) is 4.04. The van der Waals surface area contributed by atoms with Gasteiger partial charge in [0.15, 0.2) is 11.5 Å². The van der Waals surface area contributed by atoms with Gasteiger partial charge in [0, 0.05) is 31.2 Å². The first-order chi connectivity index (χ1) is 13.7. The third-order valence-corrected chi connectivity index (χ3v) is 5.53. The quantitative estimate of drug-likeness (QED) is 0.595. The van der Waals surface area contributed by atoms with E-state index in [1.165, 1.54) is 11.1 Å². The third kappa shape index (κ3) is 3.04. The summed E-state index contributed by atoms with van der Waals surface area (Å²) in [4.78, 5) is 7.19. The van der Waals surface area contributed by atoms with Crippen LogP contribution >= 0.6 is 0 Å². The summed E-state index contributed by atoms with van der Waals surface area (Å²) >= 11 is 0. The van der Waals surface area contributed by atoms with E-state index >= 15 is 0 Å². The minimum Gasteiger partial charge on any atom is -0.392 e. The largest absolute Gasteiger partial charge is 0.392 e. The molecule has 4 aromatic rings. The van der Waals surface area contributed by atoms with E-state index in [4.69, 9.17) is 4.98 Å². The highest BCUT2D eigenvalue weighted by Crippen LogP contribution is 2.24. The summed E-state index contributed by atoms with van der Waals surface area (Å²) < 4.78 is 2.02. The van der Waals surface area contributed by atoms with Gasteiger partial charge in [-0.25, -0.2) is 4.98 Å². The fraction of sp³-hybridized carbons (Fsp3) is 0.318. The number of aliphatic hydroxyl groups is 1. The molecule has 1 aromatic carbocycles. The summed E-state index contributed by atoms with van der Waals surface area (Å²) in [5.41, 5.74) is 5.08. The predicted molar refractivity (Wildman–Crippen MR) is 109 cm³/mol. The zero-order valence-electron chi connectivity index (χ0n) is 15.9. The van der Waals surface area contributed by atoms with Gasteiger partial charge in [-0.05, 0) is 36.1 Å². The van der Waals surface area contributed by atoms with Crippen LogP contribution in [0.5, 0.6) is 0 Å². The molecule has 1 N–H and O–H groups in total. The number of para-hydroxylation sites is 1. The number of pyridine rings is 2. The van der Waals surface area contributed by atoms with Crippen molar-refractivity contribution in [2.24, 2.45) is 0 Å². The Kier molecular flexibility index (Phi) is 4.30. The molecule has 0 radical (unpaired) electrons. The Labute approximate surface area is 163 Å². The molecule has 1 aliphatic rings. The molecule has 28 heavy (non-hydrogen) atoms. The van der Waals surface area contributed by atoms with Gasteiger partial charge < -0.3 is 5.11 Å². The van der Waals surface area contributed by atoms with E-state index < -0.39 is 0 Å². The molecule has 1 atom stereocenters. The number of fused-ring (bicyclic) bond motifs is 2. The molecule has 3 aromatic heterocycles. The molecule has 1 unspecified atom stereocenters. The summed E-state index contributed by atoms with van der Waals surface area (Å²) in [5.74, 6) is 0.756. The lowest BCUT2D eigenvalue weighted by atomic mass is 10.1. The molecule has 0 aliphatic carbocycles. The molecular formula is C22H23N5O. The van der Waals surface area contributed by atoms with Gasteiger partial charge in [0.1, 0.15) is 5.69 Å².